The molecule has 1 unspecified atom stereocenters. The molecule has 0 saturated heterocycles. The summed E-state index contributed by atoms with van der Waals surface area (Å²) >= 11 is 3.45. The molecule has 0 aromatic rings. The average molecular weight is 242 g/mol. The molecule has 84 valence electrons. The Morgan fingerprint density at radius 2 is 1.93 bits per heavy atom. The van der Waals surface area contributed by atoms with Gasteiger partial charge in [-0.2, -0.15) is 23.5 Å². The molecule has 1 aliphatic rings. The van der Waals surface area contributed by atoms with Crippen molar-refractivity contribution in [1.29, 1.82) is 0 Å². The maximum Gasteiger partial charge on any atom is 0.170 e. The summed E-state index contributed by atoms with van der Waals surface area (Å²) in [7, 11) is 0. The highest BCUT2D eigenvalue weighted by molar-refractivity contribution is 7.99. The minimum absolute atomic E-state index is 0.279. The van der Waals surface area contributed by atoms with Crippen molar-refractivity contribution >= 4 is 29.3 Å². The molecule has 0 aromatic carbocycles. The fraction of sp³-hybridized carbons (Fsp3) is 0.583. The molecule has 1 nitrogen and oxygen atoms in total. The first-order valence-corrected chi connectivity index (χ1v) is 7.75. The molecule has 0 N–H and O–H groups in total. The number of allylic oxidation sites excluding steroid dienone is 3. The average Bonchev–Trinajstić information content (AvgIpc) is 2.21. The van der Waals surface area contributed by atoms with Gasteiger partial charge in [0.05, 0.1) is 5.41 Å². The fourth-order valence-electron chi connectivity index (χ4n) is 1.76. The number of ketones is 1. The van der Waals surface area contributed by atoms with Crippen LogP contribution in [0.25, 0.3) is 0 Å². The Morgan fingerprint density at radius 3 is 2.47 bits per heavy atom. The predicted molar refractivity (Wildman–Crippen MR) is 71.7 cm³/mol. The minimum Gasteiger partial charge on any atom is -0.293 e. The van der Waals surface area contributed by atoms with Gasteiger partial charge in [0, 0.05) is 17.1 Å². The van der Waals surface area contributed by atoms with Crippen LogP contribution in [0.1, 0.15) is 13.8 Å². The minimum atomic E-state index is -0.279. The standard InChI is InChI=1S/C12H18OS2/c1-9-5-6-10(7-14-3)11(13)12(9,2)8-15-4/h5-6H,7-8H2,1-4H3. The maximum absolute atomic E-state index is 12.3. The Morgan fingerprint density at radius 1 is 1.27 bits per heavy atom. The molecular weight excluding hydrogens is 224 g/mol. The van der Waals surface area contributed by atoms with Crippen LogP contribution >= 0.6 is 23.5 Å². The number of thioether (sulfide) groups is 2. The molecule has 0 radical (unpaired) electrons. The van der Waals surface area contributed by atoms with E-state index in [-0.39, 0.29) is 5.41 Å². The third-order valence-corrected chi connectivity index (χ3v) is 4.40. The largest absolute Gasteiger partial charge is 0.293 e. The van der Waals surface area contributed by atoms with E-state index in [1.807, 2.05) is 12.3 Å². The number of Topliss-reactive ketones (excluding diaryl/α,β-unsaturated/α-hetero) is 1. The summed E-state index contributed by atoms with van der Waals surface area (Å²) < 4.78 is 0. The Bertz CT molecular complexity index is 318. The van der Waals surface area contributed by atoms with Gasteiger partial charge < -0.3 is 0 Å². The Balaban J connectivity index is 2.98. The summed E-state index contributed by atoms with van der Waals surface area (Å²) in [4.78, 5) is 12.3. The molecule has 15 heavy (non-hydrogen) atoms. The van der Waals surface area contributed by atoms with E-state index >= 15 is 0 Å². The monoisotopic (exact) mass is 242 g/mol. The first-order valence-electron chi connectivity index (χ1n) is 4.97. The molecular formula is C12H18OS2. The lowest BCUT2D eigenvalue weighted by Gasteiger charge is -2.32. The summed E-state index contributed by atoms with van der Waals surface area (Å²) in [6, 6.07) is 0. The van der Waals surface area contributed by atoms with Gasteiger partial charge in [0.15, 0.2) is 5.78 Å². The van der Waals surface area contributed by atoms with Crippen molar-refractivity contribution in [2.24, 2.45) is 5.41 Å². The van der Waals surface area contributed by atoms with Gasteiger partial charge in [0.2, 0.25) is 0 Å². The fourth-order valence-corrected chi connectivity index (χ4v) is 3.23. The van der Waals surface area contributed by atoms with Crippen molar-refractivity contribution in [1.82, 2.24) is 0 Å². The van der Waals surface area contributed by atoms with E-state index in [1.165, 1.54) is 5.57 Å². The molecule has 0 heterocycles. The molecule has 1 rings (SSSR count). The normalized spacial score (nSPS) is 26.3. The Kier molecular flexibility index (Phi) is 4.53. The van der Waals surface area contributed by atoms with Gasteiger partial charge in [-0.05, 0) is 26.4 Å². The maximum atomic E-state index is 12.3. The van der Waals surface area contributed by atoms with Crippen molar-refractivity contribution < 1.29 is 4.79 Å². The second-order valence-corrected chi connectivity index (χ2v) is 5.80. The van der Waals surface area contributed by atoms with Crippen LogP contribution in [0, 0.1) is 5.41 Å². The number of carbonyl (C=O) groups excluding carboxylic acids is 1. The molecule has 0 amide bonds. The van der Waals surface area contributed by atoms with Crippen LogP contribution in [-0.4, -0.2) is 29.8 Å². The lowest BCUT2D eigenvalue weighted by atomic mass is 9.75. The molecule has 0 aromatic heterocycles. The van der Waals surface area contributed by atoms with E-state index in [1.54, 1.807) is 23.5 Å². The van der Waals surface area contributed by atoms with E-state index in [2.05, 4.69) is 26.2 Å². The lowest BCUT2D eigenvalue weighted by Crippen LogP contribution is -2.35. The summed E-state index contributed by atoms with van der Waals surface area (Å²) in [6.07, 6.45) is 8.17. The van der Waals surface area contributed by atoms with Crippen LogP contribution in [0.5, 0.6) is 0 Å². The van der Waals surface area contributed by atoms with E-state index in [4.69, 9.17) is 0 Å². The van der Waals surface area contributed by atoms with Crippen LogP contribution < -0.4 is 0 Å². The summed E-state index contributed by atoms with van der Waals surface area (Å²) in [5.74, 6) is 2.01. The van der Waals surface area contributed by atoms with Gasteiger partial charge in [-0.15, -0.1) is 0 Å². The highest BCUT2D eigenvalue weighted by atomic mass is 32.2. The molecule has 0 fully saturated rings. The molecule has 3 heteroatoms. The zero-order chi connectivity index (χ0) is 11.5. The number of hydrogen-bond acceptors (Lipinski definition) is 3. The number of hydrogen-bond donors (Lipinski definition) is 0. The Labute approximate surface area is 101 Å². The number of rotatable bonds is 4. The lowest BCUT2D eigenvalue weighted by molar-refractivity contribution is -0.121. The topological polar surface area (TPSA) is 17.1 Å². The van der Waals surface area contributed by atoms with Gasteiger partial charge in [0.25, 0.3) is 0 Å². The second kappa shape index (κ2) is 5.26. The Hall–Kier alpha value is -0.150. The molecule has 1 aliphatic carbocycles. The molecule has 1 atom stereocenters. The van der Waals surface area contributed by atoms with Crippen LogP contribution in [0.3, 0.4) is 0 Å². The summed E-state index contributed by atoms with van der Waals surface area (Å²) in [5.41, 5.74) is 1.87. The van der Waals surface area contributed by atoms with Crippen molar-refractivity contribution in [3.63, 3.8) is 0 Å². The van der Waals surface area contributed by atoms with Crippen molar-refractivity contribution in [2.45, 2.75) is 13.8 Å². The SMILES string of the molecule is CSCC1=CC=C(C)C(C)(CSC)C1=O. The second-order valence-electron chi connectivity index (χ2n) is 4.07. The molecule has 0 spiro atoms. The molecule has 0 saturated carbocycles. The van der Waals surface area contributed by atoms with E-state index in [9.17, 15) is 4.79 Å². The van der Waals surface area contributed by atoms with Crippen LogP contribution in [0.15, 0.2) is 23.3 Å². The van der Waals surface area contributed by atoms with E-state index in [0.717, 1.165) is 17.1 Å². The molecule has 0 aliphatic heterocycles. The smallest absolute Gasteiger partial charge is 0.170 e. The quantitative estimate of drug-likeness (QED) is 0.754. The van der Waals surface area contributed by atoms with Crippen molar-refractivity contribution in [2.75, 3.05) is 24.0 Å². The van der Waals surface area contributed by atoms with E-state index in [0.29, 0.717) is 5.78 Å². The van der Waals surface area contributed by atoms with Gasteiger partial charge in [0.1, 0.15) is 0 Å². The number of carbonyl (C=O) groups is 1. The third kappa shape index (κ3) is 2.51. The van der Waals surface area contributed by atoms with Crippen LogP contribution in [0.2, 0.25) is 0 Å². The summed E-state index contributed by atoms with van der Waals surface area (Å²) in [5, 5.41) is 0. The van der Waals surface area contributed by atoms with Crippen LogP contribution in [0.4, 0.5) is 0 Å². The van der Waals surface area contributed by atoms with Crippen LogP contribution in [-0.2, 0) is 4.79 Å². The first kappa shape index (κ1) is 12.9. The first-order chi connectivity index (χ1) is 7.06. The van der Waals surface area contributed by atoms with Gasteiger partial charge in [-0.1, -0.05) is 17.7 Å². The molecule has 0 bridgehead atoms. The summed E-state index contributed by atoms with van der Waals surface area (Å²) in [6.45, 7) is 4.12. The van der Waals surface area contributed by atoms with E-state index < -0.39 is 0 Å². The third-order valence-electron chi connectivity index (χ3n) is 2.93. The zero-order valence-corrected chi connectivity index (χ0v) is 11.4. The van der Waals surface area contributed by atoms with Crippen molar-refractivity contribution in [3.8, 4) is 0 Å². The highest BCUT2D eigenvalue weighted by Crippen LogP contribution is 2.37. The van der Waals surface area contributed by atoms with Gasteiger partial charge >= 0.3 is 0 Å². The van der Waals surface area contributed by atoms with Crippen molar-refractivity contribution in [3.05, 3.63) is 23.3 Å². The zero-order valence-electron chi connectivity index (χ0n) is 9.79. The van der Waals surface area contributed by atoms with Gasteiger partial charge in [-0.25, -0.2) is 0 Å². The highest BCUT2D eigenvalue weighted by Gasteiger charge is 2.37. The predicted octanol–water partition coefficient (Wildman–Crippen LogP) is 3.17. The van der Waals surface area contributed by atoms with Gasteiger partial charge in [-0.3, -0.25) is 4.79 Å².